The molecule has 1 unspecified atom stereocenters. The van der Waals surface area contributed by atoms with Gasteiger partial charge in [0, 0.05) is 17.5 Å². The van der Waals surface area contributed by atoms with Gasteiger partial charge in [-0.1, -0.05) is 0 Å². The molecule has 7 nitrogen and oxygen atoms in total. The van der Waals surface area contributed by atoms with Crippen LogP contribution in [-0.4, -0.2) is 21.6 Å². The summed E-state index contributed by atoms with van der Waals surface area (Å²) in [5.41, 5.74) is 5.83. The number of piperidine rings is 1. The molecule has 1 aliphatic rings. The van der Waals surface area contributed by atoms with Crippen LogP contribution in [-0.2, 0) is 9.59 Å². The summed E-state index contributed by atoms with van der Waals surface area (Å²) in [7, 11) is 0. The quantitative estimate of drug-likeness (QED) is 0.559. The Kier molecular flexibility index (Phi) is 2.74. The van der Waals surface area contributed by atoms with E-state index in [-0.39, 0.29) is 24.3 Å². The first-order valence-corrected chi connectivity index (χ1v) is 6.17. The van der Waals surface area contributed by atoms with E-state index < -0.39 is 11.9 Å². The fourth-order valence-electron chi connectivity index (χ4n) is 2.32. The number of nitrogen functional groups attached to an aromatic ring is 1. The SMILES string of the molecule is Nc1ccc2c(=O)n(C3CCC(=O)NC3=O)ncc2c1. The minimum Gasteiger partial charge on any atom is -0.399 e. The third-order valence-electron chi connectivity index (χ3n) is 3.34. The molecule has 102 valence electrons. The van der Waals surface area contributed by atoms with Crippen LogP contribution in [0.1, 0.15) is 18.9 Å². The monoisotopic (exact) mass is 272 g/mol. The lowest BCUT2D eigenvalue weighted by atomic mass is 10.1. The molecule has 2 amide bonds. The van der Waals surface area contributed by atoms with Crippen molar-refractivity contribution in [1.82, 2.24) is 15.1 Å². The number of hydrogen-bond acceptors (Lipinski definition) is 5. The Labute approximate surface area is 113 Å². The molecule has 0 radical (unpaired) electrons. The van der Waals surface area contributed by atoms with Gasteiger partial charge in [-0.2, -0.15) is 5.10 Å². The zero-order chi connectivity index (χ0) is 14.3. The van der Waals surface area contributed by atoms with Crippen LogP contribution in [0.25, 0.3) is 10.8 Å². The van der Waals surface area contributed by atoms with Crippen LogP contribution in [0.3, 0.4) is 0 Å². The Morgan fingerprint density at radius 1 is 1.30 bits per heavy atom. The predicted molar refractivity (Wildman–Crippen MR) is 71.8 cm³/mol. The van der Waals surface area contributed by atoms with Crippen molar-refractivity contribution in [1.29, 1.82) is 0 Å². The fourth-order valence-corrected chi connectivity index (χ4v) is 2.32. The summed E-state index contributed by atoms with van der Waals surface area (Å²) < 4.78 is 1.13. The predicted octanol–water partition coefficient (Wildman–Crippen LogP) is -0.0436. The first-order valence-electron chi connectivity index (χ1n) is 6.17. The standard InChI is InChI=1S/C13H12N4O3/c14-8-1-2-9-7(5-8)6-15-17(13(9)20)10-3-4-11(18)16-12(10)19/h1-2,5-6,10H,3-4,14H2,(H,16,18,19). The molecule has 2 aromatic rings. The van der Waals surface area contributed by atoms with Crippen LogP contribution >= 0.6 is 0 Å². The summed E-state index contributed by atoms with van der Waals surface area (Å²) in [5.74, 6) is -0.821. The number of nitrogens with one attached hydrogen (secondary N) is 1. The Bertz CT molecular complexity index is 781. The van der Waals surface area contributed by atoms with E-state index in [9.17, 15) is 14.4 Å². The molecule has 1 aromatic carbocycles. The molecule has 2 heterocycles. The molecule has 1 atom stereocenters. The highest BCUT2D eigenvalue weighted by molar-refractivity contribution is 5.99. The summed E-state index contributed by atoms with van der Waals surface area (Å²) in [5, 5.41) is 7.30. The molecule has 1 aromatic heterocycles. The second kappa shape index (κ2) is 4.44. The normalized spacial score (nSPS) is 19.1. The molecule has 1 fully saturated rings. The number of aromatic nitrogens is 2. The third kappa shape index (κ3) is 1.93. The molecule has 1 saturated heterocycles. The molecule has 1 aliphatic heterocycles. The van der Waals surface area contributed by atoms with Gasteiger partial charge in [0.15, 0.2) is 0 Å². The summed E-state index contributed by atoms with van der Waals surface area (Å²) >= 11 is 0. The molecule has 0 spiro atoms. The number of amides is 2. The van der Waals surface area contributed by atoms with E-state index >= 15 is 0 Å². The molecular weight excluding hydrogens is 260 g/mol. The Balaban J connectivity index is 2.11. The number of benzene rings is 1. The van der Waals surface area contributed by atoms with E-state index in [0.717, 1.165) is 4.68 Å². The zero-order valence-electron chi connectivity index (χ0n) is 10.5. The number of carbonyl (C=O) groups excluding carboxylic acids is 2. The molecule has 0 bridgehead atoms. The molecular formula is C13H12N4O3. The van der Waals surface area contributed by atoms with Crippen molar-refractivity contribution in [2.75, 3.05) is 5.73 Å². The maximum Gasteiger partial charge on any atom is 0.275 e. The summed E-state index contributed by atoms with van der Waals surface area (Å²) in [4.78, 5) is 35.3. The highest BCUT2D eigenvalue weighted by Gasteiger charge is 2.29. The van der Waals surface area contributed by atoms with Crippen LogP contribution in [0.15, 0.2) is 29.2 Å². The molecule has 20 heavy (non-hydrogen) atoms. The van der Waals surface area contributed by atoms with Crippen molar-refractivity contribution in [2.24, 2.45) is 0 Å². The van der Waals surface area contributed by atoms with Gasteiger partial charge in [0.25, 0.3) is 11.5 Å². The Morgan fingerprint density at radius 2 is 2.10 bits per heavy atom. The third-order valence-corrected chi connectivity index (χ3v) is 3.34. The lowest BCUT2D eigenvalue weighted by molar-refractivity contribution is -0.136. The van der Waals surface area contributed by atoms with Crippen molar-refractivity contribution < 1.29 is 9.59 Å². The number of imide groups is 1. The number of fused-ring (bicyclic) bond motifs is 1. The molecule has 0 saturated carbocycles. The highest BCUT2D eigenvalue weighted by atomic mass is 16.2. The first-order chi connectivity index (χ1) is 9.56. The number of anilines is 1. The van der Waals surface area contributed by atoms with Crippen LogP contribution in [0.4, 0.5) is 5.69 Å². The van der Waals surface area contributed by atoms with E-state index in [1.807, 2.05) is 0 Å². The van der Waals surface area contributed by atoms with Gasteiger partial charge in [-0.05, 0) is 24.6 Å². The Morgan fingerprint density at radius 3 is 2.85 bits per heavy atom. The summed E-state index contributed by atoms with van der Waals surface area (Å²) in [6.45, 7) is 0. The minimum absolute atomic E-state index is 0.199. The van der Waals surface area contributed by atoms with Gasteiger partial charge >= 0.3 is 0 Å². The van der Waals surface area contributed by atoms with E-state index in [1.165, 1.54) is 6.20 Å². The maximum atomic E-state index is 12.4. The van der Waals surface area contributed by atoms with E-state index in [1.54, 1.807) is 18.2 Å². The number of hydrogen-bond donors (Lipinski definition) is 2. The minimum atomic E-state index is -0.748. The first kappa shape index (κ1) is 12.3. The topological polar surface area (TPSA) is 107 Å². The summed E-state index contributed by atoms with van der Waals surface area (Å²) in [6.07, 6.45) is 1.97. The van der Waals surface area contributed by atoms with Crippen molar-refractivity contribution in [3.63, 3.8) is 0 Å². The average Bonchev–Trinajstić information content (AvgIpc) is 2.40. The van der Waals surface area contributed by atoms with Gasteiger partial charge in [-0.25, -0.2) is 4.68 Å². The second-order valence-electron chi connectivity index (χ2n) is 4.71. The van der Waals surface area contributed by atoms with Crippen LogP contribution < -0.4 is 16.6 Å². The smallest absolute Gasteiger partial charge is 0.275 e. The van der Waals surface area contributed by atoms with Gasteiger partial charge < -0.3 is 5.73 Å². The van der Waals surface area contributed by atoms with Crippen LogP contribution in [0.5, 0.6) is 0 Å². The van der Waals surface area contributed by atoms with Gasteiger partial charge in [-0.3, -0.25) is 19.7 Å². The van der Waals surface area contributed by atoms with Gasteiger partial charge in [0.05, 0.1) is 11.6 Å². The van der Waals surface area contributed by atoms with Gasteiger partial charge in [0.2, 0.25) is 5.91 Å². The van der Waals surface area contributed by atoms with Crippen LogP contribution in [0.2, 0.25) is 0 Å². The van der Waals surface area contributed by atoms with Crippen LogP contribution in [0, 0.1) is 0 Å². The lowest BCUT2D eigenvalue weighted by Gasteiger charge is -2.21. The number of nitrogens with zero attached hydrogens (tertiary/aromatic N) is 2. The molecule has 3 N–H and O–H groups in total. The number of rotatable bonds is 1. The Hall–Kier alpha value is -2.70. The largest absolute Gasteiger partial charge is 0.399 e. The lowest BCUT2D eigenvalue weighted by Crippen LogP contribution is -2.45. The van der Waals surface area contributed by atoms with E-state index in [0.29, 0.717) is 16.5 Å². The molecule has 3 rings (SSSR count). The second-order valence-corrected chi connectivity index (χ2v) is 4.71. The fraction of sp³-hybridized carbons (Fsp3) is 0.231. The van der Waals surface area contributed by atoms with Crippen molar-refractivity contribution >= 4 is 28.3 Å². The summed E-state index contributed by atoms with van der Waals surface area (Å²) in [6, 6.07) is 4.14. The van der Waals surface area contributed by atoms with E-state index in [4.69, 9.17) is 5.73 Å². The van der Waals surface area contributed by atoms with Gasteiger partial charge in [0.1, 0.15) is 6.04 Å². The van der Waals surface area contributed by atoms with E-state index in [2.05, 4.69) is 10.4 Å². The number of nitrogens with two attached hydrogens (primary N) is 1. The average molecular weight is 272 g/mol. The van der Waals surface area contributed by atoms with Crippen molar-refractivity contribution in [2.45, 2.75) is 18.9 Å². The highest BCUT2D eigenvalue weighted by Crippen LogP contribution is 2.18. The van der Waals surface area contributed by atoms with Crippen molar-refractivity contribution in [3.05, 3.63) is 34.7 Å². The zero-order valence-corrected chi connectivity index (χ0v) is 10.5. The molecule has 7 heteroatoms. The maximum absolute atomic E-state index is 12.4. The van der Waals surface area contributed by atoms with Gasteiger partial charge in [-0.15, -0.1) is 0 Å². The molecule has 0 aliphatic carbocycles. The van der Waals surface area contributed by atoms with Crippen molar-refractivity contribution in [3.8, 4) is 0 Å². The number of carbonyl (C=O) groups is 2.